The highest BCUT2D eigenvalue weighted by Gasteiger charge is 2.71. The maximum absolute atomic E-state index is 15.4. The van der Waals surface area contributed by atoms with Gasteiger partial charge in [-0.05, 0) is 116 Å². The summed E-state index contributed by atoms with van der Waals surface area (Å²) in [7, 11) is 0. The Morgan fingerprint density at radius 1 is 0.539 bits per heavy atom. The van der Waals surface area contributed by atoms with E-state index in [1.54, 1.807) is 6.92 Å². The lowest BCUT2D eigenvalue weighted by Crippen LogP contribution is -2.68. The second kappa shape index (κ2) is 26.0. The molecule has 10 rings (SSSR count). The maximum atomic E-state index is 15.4. The Labute approximate surface area is 516 Å². The largest absolute Gasteiger partial charge is 0.464 e. The number of hydrogen-bond acceptors (Lipinski definition) is 28. The van der Waals surface area contributed by atoms with Crippen molar-refractivity contribution >= 4 is 11.9 Å². The highest BCUT2D eigenvalue weighted by molar-refractivity contribution is 5.79. The van der Waals surface area contributed by atoms with E-state index in [1.807, 2.05) is 0 Å². The minimum atomic E-state index is -2.01. The Morgan fingerprint density at radius 3 is 1.69 bits per heavy atom. The van der Waals surface area contributed by atoms with Crippen LogP contribution in [0.5, 0.6) is 0 Å². The Balaban J connectivity index is 0.910. The van der Waals surface area contributed by atoms with E-state index >= 15 is 4.79 Å². The van der Waals surface area contributed by atoms with Gasteiger partial charge in [0.1, 0.15) is 104 Å². The fourth-order valence-corrected chi connectivity index (χ4v) is 17.9. The first-order valence-corrected chi connectivity index (χ1v) is 31.7. The van der Waals surface area contributed by atoms with Crippen molar-refractivity contribution in [3.63, 3.8) is 0 Å². The van der Waals surface area contributed by atoms with E-state index in [2.05, 4.69) is 54.5 Å². The van der Waals surface area contributed by atoms with Gasteiger partial charge in [0.25, 0.3) is 0 Å². The van der Waals surface area contributed by atoms with E-state index in [4.69, 9.17) is 52.1 Å². The van der Waals surface area contributed by atoms with E-state index in [0.717, 1.165) is 12.8 Å². The first-order valence-electron chi connectivity index (χ1n) is 31.7. The SMILES string of the molecule is CCOC(=O)[C@H]1O[C@@H](O[C@H]2CC[C@]3(C)[C@H]4CC=C5[C@@H]6CC(C)(C)CC[C@]6(C(=O)O[C@@H]6O[C@H](CO)[C@@H](O)[C@H](O)[C@H]6O[C@@H]6OC[C@@H](O)[C@H](O)[C@H]6O)CC[C@@]5(C)[C@]4(C)CC[C@H]3C2(C)C)[C@H](O[C@@H]2O[C@H](CO)[C@@H](O)[C@H](O)[C@H]2O[C@@H]2O[C@H](CO)[C@@H](O)[C@H](O)[C@H]2O)[C@@H](O)[C@@H]1O. The number of ether oxygens (including phenoxy) is 11. The standard InChI is InChI=1S/C61H98O28/c1-9-79-49(77)45-41(73)42(74)48(88-52-46(39(71)36(68)29(22-63)82-52)87-51-44(76)38(70)35(67)28(21-62)81-51)54(85-45)84-33-13-14-58(6)31(57(33,4)5)12-15-60(8)32(58)11-10-25-26-20-56(2,3)16-18-61(26,19-17-59(25,60)7)55(78)89-53-47(40(72)37(69)30(23-64)83-53)86-50-43(75)34(66)27(65)24-80-50/h10,26-48,50-54,62-76H,9,11-24H2,1-8H3/t26-,27+,28+,29+,30+,31-,32+,33-,34-,35+,36+,37+,38-,39-,40-,41-,42-,43+,44+,45-,46+,47+,48+,50-,51-,52-,53-,54+,58-,59+,60+,61-/m0/s1. The molecule has 5 aliphatic carbocycles. The van der Waals surface area contributed by atoms with Crippen LogP contribution in [0.1, 0.15) is 120 Å². The third-order valence-corrected chi connectivity index (χ3v) is 23.4. The van der Waals surface area contributed by atoms with E-state index in [-0.39, 0.29) is 40.6 Å². The fraction of sp³-hybridized carbons (Fsp3) is 0.934. The molecule has 89 heavy (non-hydrogen) atoms. The van der Waals surface area contributed by atoms with E-state index in [9.17, 15) is 81.4 Å². The molecule has 15 N–H and O–H groups in total. The number of rotatable bonds is 15. The zero-order chi connectivity index (χ0) is 65.0. The highest BCUT2D eigenvalue weighted by atomic mass is 16.8. The normalized spacial score (nSPS) is 52.1. The van der Waals surface area contributed by atoms with Crippen molar-refractivity contribution in [2.75, 3.05) is 33.0 Å². The van der Waals surface area contributed by atoms with Crippen molar-refractivity contribution in [3.05, 3.63) is 11.6 Å². The van der Waals surface area contributed by atoms with Gasteiger partial charge in [0.2, 0.25) is 6.29 Å². The lowest BCUT2D eigenvalue weighted by atomic mass is 9.33. The number of carbonyl (C=O) groups excluding carboxylic acids is 2. The molecule has 5 saturated heterocycles. The van der Waals surface area contributed by atoms with Crippen molar-refractivity contribution in [2.45, 2.75) is 273 Å². The van der Waals surface area contributed by atoms with Crippen LogP contribution in [0.4, 0.5) is 0 Å². The Hall–Kier alpha value is -2.28. The van der Waals surface area contributed by atoms with Gasteiger partial charge in [-0.2, -0.15) is 0 Å². The first-order chi connectivity index (χ1) is 41.8. The maximum Gasteiger partial charge on any atom is 0.338 e. The number of allylic oxidation sites excluding steroid dienone is 2. The molecule has 0 amide bonds. The minimum absolute atomic E-state index is 0.0216. The predicted molar refractivity (Wildman–Crippen MR) is 299 cm³/mol. The minimum Gasteiger partial charge on any atom is -0.464 e. The van der Waals surface area contributed by atoms with Gasteiger partial charge in [-0.1, -0.05) is 60.1 Å². The Morgan fingerprint density at radius 2 is 1.07 bits per heavy atom. The van der Waals surface area contributed by atoms with Gasteiger partial charge >= 0.3 is 11.9 Å². The molecule has 5 aliphatic heterocycles. The quantitative estimate of drug-likeness (QED) is 0.0441. The van der Waals surface area contributed by atoms with Crippen LogP contribution in [-0.2, 0) is 61.7 Å². The van der Waals surface area contributed by atoms with Gasteiger partial charge in [0.15, 0.2) is 37.4 Å². The van der Waals surface area contributed by atoms with Crippen LogP contribution in [0.3, 0.4) is 0 Å². The molecule has 28 heteroatoms. The summed E-state index contributed by atoms with van der Waals surface area (Å²) in [4.78, 5) is 28.8. The zero-order valence-electron chi connectivity index (χ0n) is 51.9. The third-order valence-electron chi connectivity index (χ3n) is 23.4. The lowest BCUT2D eigenvalue weighted by molar-refractivity contribution is -0.396. The fourth-order valence-electron chi connectivity index (χ4n) is 17.9. The summed E-state index contributed by atoms with van der Waals surface area (Å²) in [6.45, 7) is 14.1. The molecular weight excluding hydrogens is 1180 g/mol. The average Bonchev–Trinajstić information content (AvgIpc) is 0.718. The molecule has 28 nitrogen and oxygen atoms in total. The molecule has 0 radical (unpaired) electrons. The third kappa shape index (κ3) is 11.9. The Bertz CT molecular complexity index is 2500. The summed E-state index contributed by atoms with van der Waals surface area (Å²) < 4.78 is 65.9. The number of hydrogen-bond donors (Lipinski definition) is 15. The molecule has 0 spiro atoms. The van der Waals surface area contributed by atoms with E-state index in [1.165, 1.54) is 5.57 Å². The number of fused-ring (bicyclic) bond motifs is 7. The van der Waals surface area contributed by atoms with E-state index < -0.39 is 208 Å². The van der Waals surface area contributed by atoms with Crippen LogP contribution >= 0.6 is 0 Å². The molecule has 9 fully saturated rings. The lowest BCUT2D eigenvalue weighted by Gasteiger charge is -2.71. The summed E-state index contributed by atoms with van der Waals surface area (Å²) in [5.74, 6) is -1.84. The summed E-state index contributed by atoms with van der Waals surface area (Å²) in [5, 5.41) is 162. The van der Waals surface area contributed by atoms with Crippen LogP contribution < -0.4 is 0 Å². The van der Waals surface area contributed by atoms with Gasteiger partial charge in [-0.3, -0.25) is 4.79 Å². The molecular formula is C61H98O28. The van der Waals surface area contributed by atoms with Crippen molar-refractivity contribution < 1.29 is 138 Å². The molecule has 510 valence electrons. The van der Waals surface area contributed by atoms with Gasteiger partial charge in [0, 0.05) is 0 Å². The zero-order valence-corrected chi connectivity index (χ0v) is 51.9. The van der Waals surface area contributed by atoms with Crippen LogP contribution in [0.25, 0.3) is 0 Å². The van der Waals surface area contributed by atoms with Crippen LogP contribution in [0.15, 0.2) is 11.6 Å². The second-order valence-corrected chi connectivity index (χ2v) is 29.1. The first kappa shape index (κ1) is 69.5. The van der Waals surface area contributed by atoms with Crippen LogP contribution in [0.2, 0.25) is 0 Å². The van der Waals surface area contributed by atoms with E-state index in [0.29, 0.717) is 51.4 Å². The molecule has 0 bridgehead atoms. The number of carbonyl (C=O) groups is 2. The Kier molecular flexibility index (Phi) is 20.3. The molecule has 5 heterocycles. The van der Waals surface area contributed by atoms with Crippen molar-refractivity contribution in [1.29, 1.82) is 0 Å². The van der Waals surface area contributed by atoms with Gasteiger partial charge < -0.3 is 129 Å². The molecule has 0 aromatic heterocycles. The molecule has 4 saturated carbocycles. The second-order valence-electron chi connectivity index (χ2n) is 29.1. The number of aliphatic hydroxyl groups is 15. The summed E-state index contributed by atoms with van der Waals surface area (Å²) in [5.41, 5.74) is -1.86. The smallest absolute Gasteiger partial charge is 0.338 e. The average molecular weight is 1280 g/mol. The predicted octanol–water partition coefficient (Wildman–Crippen LogP) is -3.00. The molecule has 0 unspecified atom stereocenters. The summed E-state index contributed by atoms with van der Waals surface area (Å²) in [6.07, 6.45) is -34.5. The topological polar surface area (TPSA) is 439 Å². The molecule has 10 aliphatic rings. The number of aliphatic hydroxyl groups excluding tert-OH is 15. The number of esters is 2. The molecule has 0 aromatic carbocycles. The molecule has 0 aromatic rings. The van der Waals surface area contributed by atoms with Gasteiger partial charge in [0.05, 0.1) is 44.6 Å². The van der Waals surface area contributed by atoms with Crippen molar-refractivity contribution in [1.82, 2.24) is 0 Å². The molecule has 32 atom stereocenters. The highest BCUT2D eigenvalue weighted by Crippen LogP contribution is 2.76. The summed E-state index contributed by atoms with van der Waals surface area (Å²) in [6, 6.07) is 0. The summed E-state index contributed by atoms with van der Waals surface area (Å²) >= 11 is 0. The van der Waals surface area contributed by atoms with Crippen LogP contribution in [0, 0.1) is 50.2 Å². The van der Waals surface area contributed by atoms with Crippen molar-refractivity contribution in [2.24, 2.45) is 50.2 Å². The van der Waals surface area contributed by atoms with Gasteiger partial charge in [-0.15, -0.1) is 0 Å². The monoisotopic (exact) mass is 1280 g/mol. The van der Waals surface area contributed by atoms with Crippen LogP contribution in [-0.4, -0.2) is 275 Å². The van der Waals surface area contributed by atoms with Gasteiger partial charge in [-0.25, -0.2) is 4.79 Å². The van der Waals surface area contributed by atoms with Crippen molar-refractivity contribution in [3.8, 4) is 0 Å².